The lowest BCUT2D eigenvalue weighted by Crippen LogP contribution is -2.47. The molecular formula is C19H41N5O2. The van der Waals surface area contributed by atoms with Gasteiger partial charge in [-0.15, -0.1) is 0 Å². The Kier molecular flexibility index (Phi) is 14.5. The number of unbranched alkanes of at least 4 members (excludes halogenated alkanes) is 1. The largest absolute Gasteiger partial charge is 0.379 e. The summed E-state index contributed by atoms with van der Waals surface area (Å²) in [6, 6.07) is 0. The summed E-state index contributed by atoms with van der Waals surface area (Å²) in [7, 11) is 0. The van der Waals surface area contributed by atoms with Crippen molar-refractivity contribution < 1.29 is 9.47 Å². The van der Waals surface area contributed by atoms with Crippen LogP contribution in [0.3, 0.4) is 0 Å². The van der Waals surface area contributed by atoms with Gasteiger partial charge in [0.25, 0.3) is 0 Å². The molecular weight excluding hydrogens is 330 g/mol. The van der Waals surface area contributed by atoms with Gasteiger partial charge in [-0.25, -0.2) is 0 Å². The standard InChI is InChI=1S/C19H41N5O2/c1-4-7-15-25-17-18-26-16-9-22-19(20-5-2)21-8-10-24-13-11-23(6-3)12-14-24/h4-18H2,1-3H3,(H2,20,21,22). The van der Waals surface area contributed by atoms with Gasteiger partial charge in [0.1, 0.15) is 0 Å². The maximum absolute atomic E-state index is 5.58. The van der Waals surface area contributed by atoms with E-state index in [0.29, 0.717) is 19.8 Å². The van der Waals surface area contributed by atoms with Crippen LogP contribution in [0.15, 0.2) is 4.99 Å². The number of hydrogen-bond acceptors (Lipinski definition) is 5. The monoisotopic (exact) mass is 371 g/mol. The Morgan fingerprint density at radius 1 is 0.885 bits per heavy atom. The Balaban J connectivity index is 2.07. The van der Waals surface area contributed by atoms with Gasteiger partial charge >= 0.3 is 0 Å². The molecule has 0 saturated carbocycles. The van der Waals surface area contributed by atoms with E-state index in [4.69, 9.17) is 9.47 Å². The minimum atomic E-state index is 0.656. The third-order valence-corrected chi connectivity index (χ3v) is 4.50. The summed E-state index contributed by atoms with van der Waals surface area (Å²) in [4.78, 5) is 9.67. The lowest BCUT2D eigenvalue weighted by molar-refractivity contribution is 0.0487. The third-order valence-electron chi connectivity index (χ3n) is 4.50. The SMILES string of the molecule is CCCCOCCOCCNC(=NCCN1CCN(CC)CC1)NCC. The molecule has 7 nitrogen and oxygen atoms in total. The summed E-state index contributed by atoms with van der Waals surface area (Å²) in [5.41, 5.74) is 0. The first kappa shape index (κ1) is 23.1. The smallest absolute Gasteiger partial charge is 0.191 e. The van der Waals surface area contributed by atoms with Crippen molar-refractivity contribution in [2.24, 2.45) is 4.99 Å². The molecule has 0 amide bonds. The first-order valence-electron chi connectivity index (χ1n) is 10.4. The van der Waals surface area contributed by atoms with Crippen LogP contribution in [-0.4, -0.2) is 101 Å². The van der Waals surface area contributed by atoms with E-state index in [-0.39, 0.29) is 0 Å². The molecule has 0 bridgehead atoms. The van der Waals surface area contributed by atoms with E-state index in [1.165, 1.54) is 19.5 Å². The predicted molar refractivity (Wildman–Crippen MR) is 109 cm³/mol. The van der Waals surface area contributed by atoms with E-state index >= 15 is 0 Å². The van der Waals surface area contributed by atoms with Crippen LogP contribution in [-0.2, 0) is 9.47 Å². The molecule has 154 valence electrons. The number of aliphatic imine (C=N–C) groups is 1. The molecule has 1 heterocycles. The fourth-order valence-corrected chi connectivity index (χ4v) is 2.78. The molecule has 1 aliphatic heterocycles. The Bertz CT molecular complexity index is 347. The van der Waals surface area contributed by atoms with Gasteiger partial charge in [0, 0.05) is 52.4 Å². The van der Waals surface area contributed by atoms with Gasteiger partial charge in [0.05, 0.1) is 26.4 Å². The number of ether oxygens (including phenoxy) is 2. The maximum Gasteiger partial charge on any atom is 0.191 e. The first-order valence-corrected chi connectivity index (χ1v) is 10.4. The lowest BCUT2D eigenvalue weighted by atomic mass is 10.3. The van der Waals surface area contributed by atoms with E-state index in [9.17, 15) is 0 Å². The van der Waals surface area contributed by atoms with Crippen molar-refractivity contribution in [3.63, 3.8) is 0 Å². The minimum absolute atomic E-state index is 0.656. The first-order chi connectivity index (χ1) is 12.8. The Hall–Kier alpha value is -0.890. The molecule has 1 fully saturated rings. The second-order valence-electron chi connectivity index (χ2n) is 6.54. The summed E-state index contributed by atoms with van der Waals surface area (Å²) < 4.78 is 11.1. The highest BCUT2D eigenvalue weighted by atomic mass is 16.5. The molecule has 26 heavy (non-hydrogen) atoms. The Morgan fingerprint density at radius 2 is 1.58 bits per heavy atom. The van der Waals surface area contributed by atoms with E-state index in [2.05, 4.69) is 46.2 Å². The molecule has 1 saturated heterocycles. The van der Waals surface area contributed by atoms with Crippen molar-refractivity contribution >= 4 is 5.96 Å². The topological polar surface area (TPSA) is 61.4 Å². The quantitative estimate of drug-likeness (QED) is 0.270. The van der Waals surface area contributed by atoms with Crippen molar-refractivity contribution in [2.75, 3.05) is 85.3 Å². The molecule has 1 rings (SSSR count). The molecule has 0 spiro atoms. The van der Waals surface area contributed by atoms with Gasteiger partial charge in [-0.2, -0.15) is 0 Å². The number of piperazine rings is 1. The molecule has 0 aliphatic carbocycles. The minimum Gasteiger partial charge on any atom is -0.379 e. The van der Waals surface area contributed by atoms with Crippen molar-refractivity contribution in [3.8, 4) is 0 Å². The molecule has 0 unspecified atom stereocenters. The number of guanidine groups is 1. The summed E-state index contributed by atoms with van der Waals surface area (Å²) >= 11 is 0. The molecule has 0 aromatic heterocycles. The normalized spacial score (nSPS) is 16.8. The predicted octanol–water partition coefficient (Wildman–Crippen LogP) is 1.01. The van der Waals surface area contributed by atoms with Crippen molar-refractivity contribution in [2.45, 2.75) is 33.6 Å². The van der Waals surface area contributed by atoms with Gasteiger partial charge in [-0.05, 0) is 19.9 Å². The summed E-state index contributed by atoms with van der Waals surface area (Å²) in [5.74, 6) is 0.877. The van der Waals surface area contributed by atoms with E-state index in [1.807, 2.05) is 0 Å². The number of nitrogens with one attached hydrogen (secondary N) is 2. The number of rotatable bonds is 14. The van der Waals surface area contributed by atoms with Gasteiger partial charge in [0.15, 0.2) is 5.96 Å². The van der Waals surface area contributed by atoms with Gasteiger partial charge in [-0.1, -0.05) is 20.3 Å². The van der Waals surface area contributed by atoms with Gasteiger partial charge in [0.2, 0.25) is 0 Å². The van der Waals surface area contributed by atoms with Crippen molar-refractivity contribution in [1.29, 1.82) is 0 Å². The average molecular weight is 372 g/mol. The number of nitrogens with zero attached hydrogens (tertiary/aromatic N) is 3. The molecule has 7 heteroatoms. The molecule has 2 N–H and O–H groups in total. The molecule has 1 aliphatic rings. The zero-order valence-corrected chi connectivity index (χ0v) is 17.3. The van der Waals surface area contributed by atoms with E-state index in [1.54, 1.807) is 0 Å². The highest BCUT2D eigenvalue weighted by Crippen LogP contribution is 2.00. The number of likely N-dealkylation sites (N-methyl/N-ethyl adjacent to an activating group) is 1. The highest BCUT2D eigenvalue weighted by molar-refractivity contribution is 5.79. The van der Waals surface area contributed by atoms with Crippen molar-refractivity contribution in [1.82, 2.24) is 20.4 Å². The number of hydrogen-bond donors (Lipinski definition) is 2. The van der Waals surface area contributed by atoms with E-state index in [0.717, 1.165) is 64.8 Å². The molecule has 0 aromatic rings. The van der Waals surface area contributed by atoms with Crippen LogP contribution in [0, 0.1) is 0 Å². The Labute approximate surface area is 160 Å². The van der Waals surface area contributed by atoms with Crippen LogP contribution in [0.25, 0.3) is 0 Å². The van der Waals surface area contributed by atoms with Crippen LogP contribution >= 0.6 is 0 Å². The van der Waals surface area contributed by atoms with Crippen LogP contribution in [0.2, 0.25) is 0 Å². The second-order valence-corrected chi connectivity index (χ2v) is 6.54. The summed E-state index contributed by atoms with van der Waals surface area (Å²) in [6.07, 6.45) is 2.30. The van der Waals surface area contributed by atoms with Crippen LogP contribution in [0.5, 0.6) is 0 Å². The molecule has 0 atom stereocenters. The molecule has 0 radical (unpaired) electrons. The molecule has 0 aromatic carbocycles. The highest BCUT2D eigenvalue weighted by Gasteiger charge is 2.14. The second kappa shape index (κ2) is 16.3. The summed E-state index contributed by atoms with van der Waals surface area (Å²) in [6.45, 7) is 18.6. The van der Waals surface area contributed by atoms with Crippen molar-refractivity contribution in [3.05, 3.63) is 0 Å². The van der Waals surface area contributed by atoms with Gasteiger partial charge in [-0.3, -0.25) is 9.89 Å². The zero-order chi connectivity index (χ0) is 18.9. The third kappa shape index (κ3) is 11.7. The van der Waals surface area contributed by atoms with Crippen LogP contribution in [0.1, 0.15) is 33.6 Å². The lowest BCUT2D eigenvalue weighted by Gasteiger charge is -2.33. The zero-order valence-electron chi connectivity index (χ0n) is 17.3. The Morgan fingerprint density at radius 3 is 2.23 bits per heavy atom. The van der Waals surface area contributed by atoms with E-state index < -0.39 is 0 Å². The van der Waals surface area contributed by atoms with Crippen LogP contribution in [0.4, 0.5) is 0 Å². The maximum atomic E-state index is 5.58. The van der Waals surface area contributed by atoms with Gasteiger partial charge < -0.3 is 25.0 Å². The fourth-order valence-electron chi connectivity index (χ4n) is 2.78. The average Bonchev–Trinajstić information content (AvgIpc) is 2.67. The van der Waals surface area contributed by atoms with Crippen LogP contribution < -0.4 is 10.6 Å². The summed E-state index contributed by atoms with van der Waals surface area (Å²) in [5, 5.41) is 6.63. The fraction of sp³-hybridized carbons (Fsp3) is 0.947.